The average molecular weight is 318 g/mol. The number of Topliss-reactive ketones (excluding diaryl/α,β-unsaturated/α-hetero) is 2. The molecule has 4 rings (SSSR count). The van der Waals surface area contributed by atoms with E-state index in [1.165, 1.54) is 0 Å². The van der Waals surface area contributed by atoms with Crippen LogP contribution in [0.4, 0.5) is 0 Å². The summed E-state index contributed by atoms with van der Waals surface area (Å²) in [5.41, 5.74) is 0.289. The third-order valence-corrected chi connectivity index (χ3v) is 4.40. The SMILES string of the molecule is C[C@H]1Cc2c(O)c3c(c(O)c2[C@@H](C)O1)C(=O)C1=C(OCO1)C3=O. The van der Waals surface area contributed by atoms with Gasteiger partial charge in [0.2, 0.25) is 29.9 Å². The average Bonchev–Trinajstić information content (AvgIpc) is 2.97. The van der Waals surface area contributed by atoms with Gasteiger partial charge in [0.1, 0.15) is 11.5 Å². The molecule has 0 saturated carbocycles. The van der Waals surface area contributed by atoms with E-state index in [4.69, 9.17) is 14.2 Å². The van der Waals surface area contributed by atoms with Crippen LogP contribution in [0.5, 0.6) is 11.5 Å². The van der Waals surface area contributed by atoms with Crippen LogP contribution in [0.2, 0.25) is 0 Å². The van der Waals surface area contributed by atoms with E-state index in [0.717, 1.165) is 0 Å². The maximum Gasteiger partial charge on any atom is 0.236 e. The summed E-state index contributed by atoms with van der Waals surface area (Å²) >= 11 is 0. The molecule has 7 heteroatoms. The minimum atomic E-state index is -0.673. The fraction of sp³-hybridized carbons (Fsp3) is 0.375. The van der Waals surface area contributed by atoms with Gasteiger partial charge in [0.15, 0.2) is 0 Å². The van der Waals surface area contributed by atoms with Crippen molar-refractivity contribution in [2.75, 3.05) is 6.79 Å². The first kappa shape index (κ1) is 14.1. The molecule has 7 nitrogen and oxygen atoms in total. The lowest BCUT2D eigenvalue weighted by atomic mass is 9.82. The van der Waals surface area contributed by atoms with Crippen molar-refractivity contribution in [3.63, 3.8) is 0 Å². The summed E-state index contributed by atoms with van der Waals surface area (Å²) in [6.45, 7) is 3.31. The maximum atomic E-state index is 12.5. The molecule has 0 bridgehead atoms. The molecule has 0 amide bonds. The molecular formula is C16H14O7. The molecule has 0 fully saturated rings. The molecule has 0 spiro atoms. The van der Waals surface area contributed by atoms with Crippen LogP contribution in [-0.2, 0) is 20.6 Å². The van der Waals surface area contributed by atoms with E-state index >= 15 is 0 Å². The van der Waals surface area contributed by atoms with E-state index in [1.807, 2.05) is 6.92 Å². The molecule has 1 aliphatic carbocycles. The molecule has 2 aliphatic heterocycles. The Balaban J connectivity index is 2.04. The largest absolute Gasteiger partial charge is 0.507 e. The molecule has 2 heterocycles. The van der Waals surface area contributed by atoms with Crippen molar-refractivity contribution in [2.45, 2.75) is 32.5 Å². The highest BCUT2D eigenvalue weighted by molar-refractivity contribution is 6.28. The number of hydrogen-bond acceptors (Lipinski definition) is 7. The van der Waals surface area contributed by atoms with Crippen LogP contribution in [0.1, 0.15) is 51.8 Å². The van der Waals surface area contributed by atoms with E-state index in [0.29, 0.717) is 17.5 Å². The Kier molecular flexibility index (Phi) is 2.74. The second kappa shape index (κ2) is 4.48. The highest BCUT2D eigenvalue weighted by Gasteiger charge is 2.45. The van der Waals surface area contributed by atoms with E-state index in [-0.39, 0.29) is 47.0 Å². The molecule has 0 radical (unpaired) electrons. The van der Waals surface area contributed by atoms with Gasteiger partial charge in [0, 0.05) is 17.5 Å². The predicted octanol–water partition coefficient (Wildman–Crippen LogP) is 1.71. The van der Waals surface area contributed by atoms with Crippen molar-refractivity contribution in [3.05, 3.63) is 33.8 Å². The summed E-state index contributed by atoms with van der Waals surface area (Å²) in [6, 6.07) is 0. The Hall–Kier alpha value is -2.54. The van der Waals surface area contributed by atoms with Gasteiger partial charge in [0.25, 0.3) is 0 Å². The monoisotopic (exact) mass is 318 g/mol. The number of hydrogen-bond donors (Lipinski definition) is 2. The van der Waals surface area contributed by atoms with Crippen molar-refractivity contribution in [1.82, 2.24) is 0 Å². The predicted molar refractivity (Wildman–Crippen MR) is 75.2 cm³/mol. The fourth-order valence-electron chi connectivity index (χ4n) is 3.47. The second-order valence-corrected chi connectivity index (χ2v) is 5.86. The van der Waals surface area contributed by atoms with Crippen LogP contribution in [0.15, 0.2) is 11.5 Å². The first-order valence-corrected chi connectivity index (χ1v) is 7.27. The number of fused-ring (bicyclic) bond motifs is 2. The van der Waals surface area contributed by atoms with E-state index in [9.17, 15) is 19.8 Å². The molecule has 23 heavy (non-hydrogen) atoms. The first-order chi connectivity index (χ1) is 10.9. The van der Waals surface area contributed by atoms with E-state index in [1.54, 1.807) is 6.92 Å². The third-order valence-electron chi connectivity index (χ3n) is 4.40. The van der Waals surface area contributed by atoms with Crippen LogP contribution < -0.4 is 0 Å². The van der Waals surface area contributed by atoms with Crippen LogP contribution in [0.25, 0.3) is 0 Å². The summed E-state index contributed by atoms with van der Waals surface area (Å²) < 4.78 is 15.7. The van der Waals surface area contributed by atoms with Gasteiger partial charge < -0.3 is 24.4 Å². The number of ether oxygens (including phenoxy) is 3. The maximum absolute atomic E-state index is 12.5. The van der Waals surface area contributed by atoms with Crippen LogP contribution in [0.3, 0.4) is 0 Å². The third kappa shape index (κ3) is 1.68. The molecule has 2 atom stereocenters. The number of allylic oxidation sites excluding steroid dienone is 2. The molecule has 0 aromatic heterocycles. The number of carbonyl (C=O) groups excluding carboxylic acids is 2. The zero-order chi connectivity index (χ0) is 16.5. The molecule has 2 N–H and O–H groups in total. The molecule has 1 aromatic rings. The molecular weight excluding hydrogens is 304 g/mol. The van der Waals surface area contributed by atoms with Gasteiger partial charge in [0.05, 0.1) is 23.3 Å². The number of ketones is 2. The van der Waals surface area contributed by atoms with Gasteiger partial charge in [-0.25, -0.2) is 0 Å². The van der Waals surface area contributed by atoms with E-state index < -0.39 is 17.7 Å². The molecule has 3 aliphatic rings. The van der Waals surface area contributed by atoms with Crippen LogP contribution in [0, 0.1) is 0 Å². The number of phenolic OH excluding ortho intramolecular Hbond substituents is 2. The quantitative estimate of drug-likeness (QED) is 0.702. The molecule has 0 unspecified atom stereocenters. The summed E-state index contributed by atoms with van der Waals surface area (Å²) in [6.07, 6.45) is -0.364. The summed E-state index contributed by atoms with van der Waals surface area (Å²) in [4.78, 5) is 25.1. The van der Waals surface area contributed by atoms with Crippen LogP contribution in [-0.4, -0.2) is 34.7 Å². The van der Waals surface area contributed by atoms with Gasteiger partial charge in [-0.2, -0.15) is 0 Å². The lowest BCUT2D eigenvalue weighted by Crippen LogP contribution is -2.27. The Bertz CT molecular complexity index is 805. The number of phenols is 2. The minimum Gasteiger partial charge on any atom is -0.507 e. The van der Waals surface area contributed by atoms with Crippen molar-refractivity contribution >= 4 is 11.6 Å². The number of aromatic hydroxyl groups is 2. The summed E-state index contributed by atoms with van der Waals surface area (Å²) in [5.74, 6) is -2.41. The Morgan fingerprint density at radius 3 is 2.13 bits per heavy atom. The van der Waals surface area contributed by atoms with Gasteiger partial charge in [-0.15, -0.1) is 0 Å². The highest BCUT2D eigenvalue weighted by Crippen LogP contribution is 2.48. The summed E-state index contributed by atoms with van der Waals surface area (Å²) in [7, 11) is 0. The Morgan fingerprint density at radius 2 is 1.52 bits per heavy atom. The van der Waals surface area contributed by atoms with Crippen molar-refractivity contribution in [1.29, 1.82) is 0 Å². The van der Waals surface area contributed by atoms with Gasteiger partial charge in [-0.05, 0) is 13.8 Å². The lowest BCUT2D eigenvalue weighted by Gasteiger charge is -2.31. The number of carbonyl (C=O) groups is 2. The minimum absolute atomic E-state index is 0.184. The molecule has 0 saturated heterocycles. The smallest absolute Gasteiger partial charge is 0.236 e. The molecule has 120 valence electrons. The standard InChI is InChI=1S/C16H14O7/c1-5-3-7-8(6(2)23-5)12(18)10-9(11(7)17)13(19)15-16(14(10)20)22-4-21-15/h5-6,17-18H,3-4H2,1-2H3/t5-,6+/m0/s1. The van der Waals surface area contributed by atoms with Crippen molar-refractivity contribution in [2.24, 2.45) is 0 Å². The zero-order valence-corrected chi connectivity index (χ0v) is 12.5. The van der Waals surface area contributed by atoms with Gasteiger partial charge in [-0.3, -0.25) is 9.59 Å². The number of rotatable bonds is 0. The topological polar surface area (TPSA) is 102 Å². The Labute approximate surface area is 131 Å². The Morgan fingerprint density at radius 1 is 0.957 bits per heavy atom. The fourth-order valence-corrected chi connectivity index (χ4v) is 3.47. The normalized spacial score (nSPS) is 25.5. The second-order valence-electron chi connectivity index (χ2n) is 5.86. The van der Waals surface area contributed by atoms with Gasteiger partial charge >= 0.3 is 0 Å². The number of benzene rings is 1. The highest BCUT2D eigenvalue weighted by atomic mass is 16.7. The van der Waals surface area contributed by atoms with Gasteiger partial charge in [-0.1, -0.05) is 0 Å². The van der Waals surface area contributed by atoms with Crippen molar-refractivity contribution in [3.8, 4) is 11.5 Å². The van der Waals surface area contributed by atoms with Crippen molar-refractivity contribution < 1.29 is 34.0 Å². The van der Waals surface area contributed by atoms with Crippen LogP contribution >= 0.6 is 0 Å². The van der Waals surface area contributed by atoms with E-state index in [2.05, 4.69) is 0 Å². The zero-order valence-electron chi connectivity index (χ0n) is 12.5. The summed E-state index contributed by atoms with van der Waals surface area (Å²) in [5, 5.41) is 21.2. The lowest BCUT2D eigenvalue weighted by molar-refractivity contribution is -0.00678. The molecule has 1 aromatic carbocycles. The first-order valence-electron chi connectivity index (χ1n) is 7.27.